The van der Waals surface area contributed by atoms with Crippen LogP contribution >= 0.6 is 11.3 Å². The fraction of sp³-hybridized carbons (Fsp3) is 0.375. The highest BCUT2D eigenvalue weighted by Crippen LogP contribution is 2.40. The number of nitrogens with zero attached hydrogens (tertiary/aromatic N) is 2. The molecule has 0 saturated carbocycles. The number of ether oxygens (including phenoxy) is 3. The van der Waals surface area contributed by atoms with Gasteiger partial charge in [-0.05, 0) is 42.1 Å². The van der Waals surface area contributed by atoms with Gasteiger partial charge >= 0.3 is 0 Å². The number of amides is 1. The molecule has 1 aromatic heterocycles. The third-order valence-electron chi connectivity index (χ3n) is 5.93. The Morgan fingerprint density at radius 3 is 2.38 bits per heavy atom. The highest BCUT2D eigenvalue weighted by atomic mass is 32.1. The summed E-state index contributed by atoms with van der Waals surface area (Å²) >= 11 is 1.44. The fourth-order valence-electron chi connectivity index (χ4n) is 4.18. The Morgan fingerprint density at radius 1 is 1.00 bits per heavy atom. The first-order valence-electron chi connectivity index (χ1n) is 10.4. The van der Waals surface area contributed by atoms with Gasteiger partial charge in [-0.25, -0.2) is 4.39 Å². The molecule has 4 rings (SSSR count). The van der Waals surface area contributed by atoms with E-state index in [2.05, 4.69) is 4.90 Å². The third-order valence-corrected chi connectivity index (χ3v) is 7.19. The maximum absolute atomic E-state index is 13.6. The zero-order valence-electron chi connectivity index (χ0n) is 18.7. The molecule has 0 atom stereocenters. The number of piperazine rings is 1. The topological polar surface area (TPSA) is 51.2 Å². The smallest absolute Gasteiger partial charge is 0.264 e. The van der Waals surface area contributed by atoms with Crippen LogP contribution < -0.4 is 14.2 Å². The molecule has 3 aromatic rings. The van der Waals surface area contributed by atoms with Gasteiger partial charge in [-0.1, -0.05) is 6.07 Å². The molecule has 0 N–H and O–H groups in total. The first kappa shape index (κ1) is 22.4. The van der Waals surface area contributed by atoms with Gasteiger partial charge in [0.2, 0.25) is 5.75 Å². The predicted molar refractivity (Wildman–Crippen MR) is 124 cm³/mol. The molecule has 0 bridgehead atoms. The van der Waals surface area contributed by atoms with Crippen molar-refractivity contribution in [3.8, 4) is 17.2 Å². The Balaban J connectivity index is 1.45. The van der Waals surface area contributed by atoms with E-state index in [1.807, 2.05) is 24.0 Å². The molecule has 2 heterocycles. The molecule has 170 valence electrons. The van der Waals surface area contributed by atoms with Gasteiger partial charge in [-0.2, -0.15) is 0 Å². The largest absolute Gasteiger partial charge is 0.493 e. The molecule has 1 amide bonds. The lowest BCUT2D eigenvalue weighted by atomic mass is 10.1. The summed E-state index contributed by atoms with van der Waals surface area (Å²) in [6, 6.07) is 8.55. The summed E-state index contributed by atoms with van der Waals surface area (Å²) in [6.07, 6.45) is 0. The van der Waals surface area contributed by atoms with Crippen molar-refractivity contribution in [1.29, 1.82) is 0 Å². The molecule has 2 aromatic carbocycles. The molecular weight excluding hydrogens is 431 g/mol. The van der Waals surface area contributed by atoms with E-state index in [1.165, 1.54) is 23.5 Å². The van der Waals surface area contributed by atoms with Crippen LogP contribution in [0.2, 0.25) is 0 Å². The predicted octanol–water partition coefficient (Wildman–Crippen LogP) is 4.33. The normalized spacial score (nSPS) is 14.6. The Labute approximate surface area is 191 Å². The molecule has 32 heavy (non-hydrogen) atoms. The van der Waals surface area contributed by atoms with Gasteiger partial charge in [0.05, 0.1) is 26.2 Å². The summed E-state index contributed by atoms with van der Waals surface area (Å²) in [5.74, 6) is 1.61. The molecule has 1 saturated heterocycles. The van der Waals surface area contributed by atoms with Crippen LogP contribution in [0.1, 0.15) is 20.8 Å². The number of benzene rings is 2. The van der Waals surface area contributed by atoms with Crippen molar-refractivity contribution in [2.24, 2.45) is 0 Å². The van der Waals surface area contributed by atoms with Crippen molar-refractivity contribution in [2.45, 2.75) is 13.5 Å². The number of hydrogen-bond donors (Lipinski definition) is 0. The number of thiophene rings is 1. The van der Waals surface area contributed by atoms with Crippen molar-refractivity contribution in [2.75, 3.05) is 47.5 Å². The molecule has 0 unspecified atom stereocenters. The van der Waals surface area contributed by atoms with Gasteiger partial charge in [-0.3, -0.25) is 9.69 Å². The lowest BCUT2D eigenvalue weighted by Gasteiger charge is -2.35. The van der Waals surface area contributed by atoms with E-state index >= 15 is 0 Å². The molecule has 0 aliphatic carbocycles. The molecule has 6 nitrogen and oxygen atoms in total. The SMILES string of the molecule is COc1ccc(CN2CCN(C(=O)c3sc4ccc(F)cc4c3C)CC2)c(OC)c1OC. The highest BCUT2D eigenvalue weighted by molar-refractivity contribution is 7.21. The zero-order valence-corrected chi connectivity index (χ0v) is 19.6. The van der Waals surface area contributed by atoms with Crippen LogP contribution in [0.15, 0.2) is 30.3 Å². The summed E-state index contributed by atoms with van der Waals surface area (Å²) in [6.45, 7) is 5.36. The zero-order chi connectivity index (χ0) is 22.8. The summed E-state index contributed by atoms with van der Waals surface area (Å²) in [5, 5.41) is 0.817. The lowest BCUT2D eigenvalue weighted by molar-refractivity contribution is 0.0631. The fourth-order valence-corrected chi connectivity index (χ4v) is 5.34. The molecule has 1 aliphatic heterocycles. The average Bonchev–Trinajstić information content (AvgIpc) is 3.14. The molecule has 0 radical (unpaired) electrons. The number of rotatable bonds is 6. The van der Waals surface area contributed by atoms with Crippen LogP contribution in [0.5, 0.6) is 17.2 Å². The summed E-state index contributed by atoms with van der Waals surface area (Å²) in [5.41, 5.74) is 1.86. The Morgan fingerprint density at radius 2 is 1.72 bits per heavy atom. The number of carbonyl (C=O) groups excluding carboxylic acids is 1. The average molecular weight is 459 g/mol. The number of halogens is 1. The minimum atomic E-state index is -0.281. The van der Waals surface area contributed by atoms with E-state index in [0.29, 0.717) is 41.8 Å². The number of carbonyl (C=O) groups is 1. The Hall–Kier alpha value is -2.84. The summed E-state index contributed by atoms with van der Waals surface area (Å²) < 4.78 is 31.0. The second-order valence-corrected chi connectivity index (χ2v) is 8.81. The van der Waals surface area contributed by atoms with Crippen molar-refractivity contribution < 1.29 is 23.4 Å². The first-order valence-corrected chi connectivity index (χ1v) is 11.3. The number of methoxy groups -OCH3 is 3. The van der Waals surface area contributed by atoms with Crippen LogP contribution in [-0.2, 0) is 6.54 Å². The standard InChI is InChI=1S/C24H27FN2O4S/c1-15-18-13-17(25)6-8-20(18)32-23(15)24(28)27-11-9-26(10-12-27)14-16-5-7-19(29-2)22(31-4)21(16)30-3/h5-8,13H,9-12,14H2,1-4H3. The van der Waals surface area contributed by atoms with E-state index in [9.17, 15) is 9.18 Å². The van der Waals surface area contributed by atoms with Crippen molar-refractivity contribution in [1.82, 2.24) is 9.80 Å². The van der Waals surface area contributed by atoms with Gasteiger partial charge in [0.25, 0.3) is 5.91 Å². The van der Waals surface area contributed by atoms with Crippen LogP contribution in [0.3, 0.4) is 0 Å². The number of fused-ring (bicyclic) bond motifs is 1. The van der Waals surface area contributed by atoms with E-state index in [0.717, 1.165) is 34.3 Å². The van der Waals surface area contributed by atoms with Crippen LogP contribution in [0, 0.1) is 12.7 Å². The van der Waals surface area contributed by atoms with Gasteiger partial charge in [0.1, 0.15) is 5.82 Å². The minimum Gasteiger partial charge on any atom is -0.493 e. The van der Waals surface area contributed by atoms with E-state index in [-0.39, 0.29) is 11.7 Å². The summed E-state index contributed by atoms with van der Waals surface area (Å²) in [7, 11) is 4.82. The quantitative estimate of drug-likeness (QED) is 0.550. The number of hydrogen-bond acceptors (Lipinski definition) is 6. The second kappa shape index (κ2) is 9.34. The first-order chi connectivity index (χ1) is 15.5. The van der Waals surface area contributed by atoms with Crippen LogP contribution in [0.25, 0.3) is 10.1 Å². The summed E-state index contributed by atoms with van der Waals surface area (Å²) in [4.78, 5) is 18.0. The molecule has 1 fully saturated rings. The highest BCUT2D eigenvalue weighted by Gasteiger charge is 2.26. The van der Waals surface area contributed by atoms with Crippen LogP contribution in [0.4, 0.5) is 4.39 Å². The Kier molecular flexibility index (Phi) is 6.53. The maximum atomic E-state index is 13.6. The van der Waals surface area contributed by atoms with Crippen molar-refractivity contribution in [3.63, 3.8) is 0 Å². The van der Waals surface area contributed by atoms with Crippen molar-refractivity contribution >= 4 is 27.3 Å². The third kappa shape index (κ3) is 4.12. The second-order valence-electron chi connectivity index (χ2n) is 7.76. The number of aryl methyl sites for hydroxylation is 1. The molecule has 1 aliphatic rings. The van der Waals surface area contributed by atoms with Crippen molar-refractivity contribution in [3.05, 3.63) is 52.2 Å². The van der Waals surface area contributed by atoms with Gasteiger partial charge in [0.15, 0.2) is 11.5 Å². The van der Waals surface area contributed by atoms with Gasteiger partial charge in [0, 0.05) is 43.0 Å². The molecule has 8 heteroatoms. The Bertz CT molecular complexity index is 1140. The van der Waals surface area contributed by atoms with Crippen LogP contribution in [-0.4, -0.2) is 63.2 Å². The van der Waals surface area contributed by atoms with Gasteiger partial charge < -0.3 is 19.1 Å². The van der Waals surface area contributed by atoms with E-state index in [1.54, 1.807) is 27.4 Å². The molecule has 0 spiro atoms. The minimum absolute atomic E-state index is 0.0208. The molecular formula is C24H27FN2O4S. The van der Waals surface area contributed by atoms with Gasteiger partial charge in [-0.15, -0.1) is 11.3 Å². The van der Waals surface area contributed by atoms with E-state index in [4.69, 9.17) is 14.2 Å². The maximum Gasteiger partial charge on any atom is 0.264 e. The lowest BCUT2D eigenvalue weighted by Crippen LogP contribution is -2.48. The van der Waals surface area contributed by atoms with E-state index < -0.39 is 0 Å². The monoisotopic (exact) mass is 458 g/mol.